The highest BCUT2D eigenvalue weighted by molar-refractivity contribution is 7.89. The molecule has 1 aromatic rings. The average Bonchev–Trinajstić information content (AvgIpc) is 2.73. The Morgan fingerprint density at radius 3 is 2.29 bits per heavy atom. The van der Waals surface area contributed by atoms with E-state index in [9.17, 15) is 8.42 Å². The number of hydrogen-bond acceptors (Lipinski definition) is 4. The van der Waals surface area contributed by atoms with Crippen LogP contribution in [0.25, 0.3) is 0 Å². The zero-order valence-electron chi connectivity index (χ0n) is 12.5. The number of aromatic nitrogens is 1. The molecule has 0 N–H and O–H groups in total. The summed E-state index contributed by atoms with van der Waals surface area (Å²) in [5, 5.41) is -0.349. The van der Waals surface area contributed by atoms with E-state index >= 15 is 0 Å². The predicted molar refractivity (Wildman–Crippen MR) is 80.6 cm³/mol. The second-order valence-electron chi connectivity index (χ2n) is 6.20. The molecule has 0 amide bonds. The van der Waals surface area contributed by atoms with Gasteiger partial charge in [-0.05, 0) is 38.8 Å². The average molecular weight is 310 g/mol. The fourth-order valence-electron chi connectivity index (χ4n) is 3.45. The van der Waals surface area contributed by atoms with Gasteiger partial charge in [-0.25, -0.2) is 8.42 Å². The minimum atomic E-state index is -3.16. The van der Waals surface area contributed by atoms with Crippen LogP contribution in [0.3, 0.4) is 0 Å². The molecule has 2 saturated heterocycles. The van der Waals surface area contributed by atoms with E-state index in [0.29, 0.717) is 0 Å². The second-order valence-corrected chi connectivity index (χ2v) is 8.60. The molecule has 2 atom stereocenters. The van der Waals surface area contributed by atoms with E-state index in [1.54, 1.807) is 30.5 Å². The Balaban J connectivity index is 1.72. The lowest BCUT2D eigenvalue weighted by Crippen LogP contribution is -2.51. The number of ether oxygens (including phenoxy) is 1. The molecule has 0 spiro atoms. The van der Waals surface area contributed by atoms with Crippen LogP contribution < -0.4 is 4.74 Å². The van der Waals surface area contributed by atoms with Gasteiger partial charge in [0.25, 0.3) is 0 Å². The first-order chi connectivity index (χ1) is 9.98. The monoisotopic (exact) mass is 310 g/mol. The van der Waals surface area contributed by atoms with Crippen molar-refractivity contribution in [1.82, 2.24) is 9.29 Å². The largest absolute Gasteiger partial charge is 0.490 e. The van der Waals surface area contributed by atoms with E-state index in [2.05, 4.69) is 4.98 Å². The van der Waals surface area contributed by atoms with Crippen molar-refractivity contribution in [2.75, 3.05) is 0 Å². The molecule has 3 rings (SSSR count). The molecule has 0 saturated carbocycles. The maximum atomic E-state index is 12.5. The number of hydrogen-bond donors (Lipinski definition) is 0. The minimum absolute atomic E-state index is 0.1000. The van der Waals surface area contributed by atoms with Crippen molar-refractivity contribution in [3.05, 3.63) is 24.5 Å². The van der Waals surface area contributed by atoms with Gasteiger partial charge >= 0.3 is 0 Å². The number of nitrogens with zero attached hydrogens (tertiary/aromatic N) is 2. The molecule has 3 heterocycles. The number of pyridine rings is 1. The van der Waals surface area contributed by atoms with Gasteiger partial charge < -0.3 is 4.74 Å². The van der Waals surface area contributed by atoms with Crippen molar-refractivity contribution in [3.63, 3.8) is 0 Å². The molecule has 0 radical (unpaired) electrons. The van der Waals surface area contributed by atoms with Crippen LogP contribution in [-0.2, 0) is 10.0 Å². The third kappa shape index (κ3) is 2.79. The van der Waals surface area contributed by atoms with Crippen molar-refractivity contribution < 1.29 is 13.2 Å². The van der Waals surface area contributed by atoms with Crippen LogP contribution in [0.2, 0.25) is 0 Å². The van der Waals surface area contributed by atoms with Crippen LogP contribution in [0.15, 0.2) is 24.5 Å². The molecule has 2 fully saturated rings. The summed E-state index contributed by atoms with van der Waals surface area (Å²) < 4.78 is 32.7. The standard InChI is InChI=1S/C15H22N2O3S/c1-11(2)21(18,19)17-12-3-4-13(17)10-15(9-12)20-14-5-7-16-8-6-14/h5-8,11-13,15H,3-4,9-10H2,1-2H3. The molecule has 2 bridgehead atoms. The maximum Gasteiger partial charge on any atom is 0.216 e. The first kappa shape index (κ1) is 14.8. The molecule has 1 aromatic heterocycles. The molecular formula is C15H22N2O3S. The van der Waals surface area contributed by atoms with Crippen molar-refractivity contribution in [2.24, 2.45) is 0 Å². The fraction of sp³-hybridized carbons (Fsp3) is 0.667. The van der Waals surface area contributed by atoms with Crippen LogP contribution in [0.1, 0.15) is 39.5 Å². The SMILES string of the molecule is CC(C)S(=O)(=O)N1C2CCC1CC(Oc1ccncc1)C2. The van der Waals surface area contributed by atoms with E-state index in [1.165, 1.54) is 0 Å². The van der Waals surface area contributed by atoms with Gasteiger partial charge in [0.15, 0.2) is 0 Å². The van der Waals surface area contributed by atoms with E-state index in [1.807, 2.05) is 12.1 Å². The maximum absolute atomic E-state index is 12.5. The Morgan fingerprint density at radius 1 is 1.19 bits per heavy atom. The topological polar surface area (TPSA) is 59.5 Å². The Kier molecular flexibility index (Phi) is 3.92. The van der Waals surface area contributed by atoms with Crippen LogP contribution in [0, 0.1) is 0 Å². The smallest absolute Gasteiger partial charge is 0.216 e. The van der Waals surface area contributed by atoms with Gasteiger partial charge in [0, 0.05) is 37.3 Å². The van der Waals surface area contributed by atoms with Gasteiger partial charge in [-0.15, -0.1) is 0 Å². The number of piperidine rings is 1. The summed E-state index contributed by atoms with van der Waals surface area (Å²) in [4.78, 5) is 3.98. The molecule has 2 aliphatic rings. The van der Waals surface area contributed by atoms with Crippen molar-refractivity contribution in [2.45, 2.75) is 63.0 Å². The molecule has 0 aliphatic carbocycles. The number of fused-ring (bicyclic) bond motifs is 2. The van der Waals surface area contributed by atoms with E-state index in [4.69, 9.17) is 4.74 Å². The lowest BCUT2D eigenvalue weighted by molar-refractivity contribution is 0.0952. The third-order valence-corrected chi connectivity index (χ3v) is 6.84. The van der Waals surface area contributed by atoms with Gasteiger partial charge in [-0.3, -0.25) is 4.98 Å². The summed E-state index contributed by atoms with van der Waals surface area (Å²) in [5.74, 6) is 0.814. The molecular weight excluding hydrogens is 288 g/mol. The number of sulfonamides is 1. The summed E-state index contributed by atoms with van der Waals surface area (Å²) in [7, 11) is -3.16. The lowest BCUT2D eigenvalue weighted by Gasteiger charge is -2.38. The Morgan fingerprint density at radius 2 is 1.76 bits per heavy atom. The summed E-state index contributed by atoms with van der Waals surface area (Å²) in [6, 6.07) is 3.89. The van der Waals surface area contributed by atoms with Gasteiger partial charge in [-0.1, -0.05) is 0 Å². The van der Waals surface area contributed by atoms with Gasteiger partial charge in [0.1, 0.15) is 11.9 Å². The molecule has 2 aliphatic heterocycles. The van der Waals surface area contributed by atoms with Crippen molar-refractivity contribution >= 4 is 10.0 Å². The highest BCUT2D eigenvalue weighted by atomic mass is 32.2. The van der Waals surface area contributed by atoms with E-state index in [-0.39, 0.29) is 23.4 Å². The van der Waals surface area contributed by atoms with Crippen LogP contribution in [0.5, 0.6) is 5.75 Å². The summed E-state index contributed by atoms with van der Waals surface area (Å²) in [6.07, 6.45) is 6.99. The highest BCUT2D eigenvalue weighted by Crippen LogP contribution is 2.40. The van der Waals surface area contributed by atoms with E-state index in [0.717, 1.165) is 31.4 Å². The first-order valence-corrected chi connectivity index (χ1v) is 9.08. The Labute approximate surface area is 126 Å². The van der Waals surface area contributed by atoms with Gasteiger partial charge in [0.05, 0.1) is 5.25 Å². The molecule has 0 aromatic carbocycles. The molecule has 6 heteroatoms. The Hall–Kier alpha value is -1.14. The van der Waals surface area contributed by atoms with Crippen LogP contribution in [0.4, 0.5) is 0 Å². The summed E-state index contributed by atoms with van der Waals surface area (Å²) in [6.45, 7) is 3.52. The van der Waals surface area contributed by atoms with Crippen LogP contribution >= 0.6 is 0 Å². The lowest BCUT2D eigenvalue weighted by atomic mass is 10.0. The zero-order chi connectivity index (χ0) is 15.0. The second kappa shape index (κ2) is 5.57. The first-order valence-electron chi connectivity index (χ1n) is 7.57. The third-order valence-electron chi connectivity index (χ3n) is 4.46. The number of rotatable bonds is 4. The minimum Gasteiger partial charge on any atom is -0.490 e. The predicted octanol–water partition coefficient (Wildman–Crippen LogP) is 2.19. The summed E-state index contributed by atoms with van der Waals surface area (Å²) in [5.41, 5.74) is 0. The highest BCUT2D eigenvalue weighted by Gasteiger charge is 2.48. The van der Waals surface area contributed by atoms with Crippen molar-refractivity contribution in [3.8, 4) is 5.75 Å². The van der Waals surface area contributed by atoms with E-state index < -0.39 is 10.0 Å². The normalized spacial score (nSPS) is 29.8. The molecule has 2 unspecified atom stereocenters. The Bertz CT molecular complexity index is 574. The zero-order valence-corrected chi connectivity index (χ0v) is 13.3. The van der Waals surface area contributed by atoms with Gasteiger partial charge in [-0.2, -0.15) is 4.31 Å². The van der Waals surface area contributed by atoms with Crippen molar-refractivity contribution in [1.29, 1.82) is 0 Å². The fourth-order valence-corrected chi connectivity index (χ4v) is 5.15. The van der Waals surface area contributed by atoms with Crippen LogP contribution in [-0.4, -0.2) is 41.1 Å². The molecule has 21 heavy (non-hydrogen) atoms. The molecule has 5 nitrogen and oxygen atoms in total. The summed E-state index contributed by atoms with van der Waals surface area (Å²) >= 11 is 0. The quantitative estimate of drug-likeness (QED) is 0.855. The molecule has 116 valence electrons. The van der Waals surface area contributed by atoms with Gasteiger partial charge in [0.2, 0.25) is 10.0 Å².